The zero-order valence-electron chi connectivity index (χ0n) is 17.9. The fourth-order valence-corrected chi connectivity index (χ4v) is 3.60. The predicted octanol–water partition coefficient (Wildman–Crippen LogP) is 5.59. The highest BCUT2D eigenvalue weighted by molar-refractivity contribution is 5.77. The molecule has 0 spiro atoms. The predicted molar refractivity (Wildman–Crippen MR) is 113 cm³/mol. The van der Waals surface area contributed by atoms with E-state index in [4.69, 9.17) is 4.74 Å². The monoisotopic (exact) mass is 419 g/mol. The van der Waals surface area contributed by atoms with E-state index in [0.717, 1.165) is 48.6 Å². The van der Waals surface area contributed by atoms with Crippen molar-refractivity contribution in [3.8, 4) is 5.75 Å². The Hall–Kier alpha value is -2.54. The van der Waals surface area contributed by atoms with Gasteiger partial charge in [-0.3, -0.25) is 0 Å². The number of benzene rings is 2. The number of ether oxygens (including phenoxy) is 1. The van der Waals surface area contributed by atoms with Crippen LogP contribution in [0.1, 0.15) is 36.4 Å². The first-order valence-corrected chi connectivity index (χ1v) is 10.2. The fourth-order valence-electron chi connectivity index (χ4n) is 3.60. The van der Waals surface area contributed by atoms with Crippen LogP contribution < -0.4 is 4.74 Å². The molecule has 0 aliphatic carbocycles. The number of aromatic nitrogens is 2. The van der Waals surface area contributed by atoms with Crippen molar-refractivity contribution in [2.75, 3.05) is 19.6 Å². The van der Waals surface area contributed by atoms with Crippen LogP contribution in [-0.4, -0.2) is 34.1 Å². The molecule has 0 N–H and O–H groups in total. The first kappa shape index (κ1) is 22.2. The van der Waals surface area contributed by atoms with Crippen LogP contribution in [0.4, 0.5) is 13.2 Å². The molecular formula is C23H28F3N3O. The highest BCUT2D eigenvalue weighted by atomic mass is 19.4. The van der Waals surface area contributed by atoms with Crippen LogP contribution in [0.2, 0.25) is 0 Å². The van der Waals surface area contributed by atoms with Gasteiger partial charge in [0.1, 0.15) is 18.2 Å². The number of fused-ring (bicyclic) bond motifs is 1. The lowest BCUT2D eigenvalue weighted by molar-refractivity contribution is -0.137. The summed E-state index contributed by atoms with van der Waals surface area (Å²) in [4.78, 5) is 6.77. The fraction of sp³-hybridized carbons (Fsp3) is 0.435. The van der Waals surface area contributed by atoms with E-state index in [1.807, 2.05) is 36.6 Å². The van der Waals surface area contributed by atoms with E-state index in [2.05, 4.69) is 23.7 Å². The summed E-state index contributed by atoms with van der Waals surface area (Å²) >= 11 is 0. The lowest BCUT2D eigenvalue weighted by Gasteiger charge is -2.19. The minimum Gasteiger partial charge on any atom is -0.485 e. The highest BCUT2D eigenvalue weighted by Gasteiger charge is 2.31. The molecule has 3 aromatic rings. The van der Waals surface area contributed by atoms with Crippen molar-refractivity contribution >= 4 is 11.0 Å². The van der Waals surface area contributed by atoms with Gasteiger partial charge in [0.05, 0.1) is 16.6 Å². The third-order valence-corrected chi connectivity index (χ3v) is 5.38. The molecule has 162 valence electrons. The molecule has 0 amide bonds. The smallest absolute Gasteiger partial charge is 0.416 e. The highest BCUT2D eigenvalue weighted by Crippen LogP contribution is 2.32. The van der Waals surface area contributed by atoms with E-state index in [9.17, 15) is 13.2 Å². The van der Waals surface area contributed by atoms with Gasteiger partial charge >= 0.3 is 6.18 Å². The Morgan fingerprint density at radius 3 is 2.40 bits per heavy atom. The lowest BCUT2D eigenvalue weighted by atomic mass is 10.1. The summed E-state index contributed by atoms with van der Waals surface area (Å²) in [6.45, 7) is 11.6. The third kappa shape index (κ3) is 4.95. The quantitative estimate of drug-likeness (QED) is 0.477. The van der Waals surface area contributed by atoms with Crippen molar-refractivity contribution in [3.63, 3.8) is 0 Å². The second-order valence-corrected chi connectivity index (χ2v) is 7.47. The average molecular weight is 419 g/mol. The van der Waals surface area contributed by atoms with Crippen molar-refractivity contribution in [1.29, 1.82) is 0 Å². The second-order valence-electron chi connectivity index (χ2n) is 7.47. The normalized spacial score (nSPS) is 12.1. The number of likely N-dealkylation sites (N-methyl/N-ethyl adjacent to an activating group) is 1. The van der Waals surface area contributed by atoms with Crippen molar-refractivity contribution in [3.05, 3.63) is 58.9 Å². The molecule has 4 nitrogen and oxygen atoms in total. The number of hydrogen-bond acceptors (Lipinski definition) is 3. The van der Waals surface area contributed by atoms with Crippen molar-refractivity contribution in [2.24, 2.45) is 0 Å². The van der Waals surface area contributed by atoms with Crippen LogP contribution in [0.15, 0.2) is 36.4 Å². The largest absolute Gasteiger partial charge is 0.485 e. The molecule has 30 heavy (non-hydrogen) atoms. The molecule has 2 aromatic carbocycles. The minimum absolute atomic E-state index is 0.193. The molecule has 0 atom stereocenters. The maximum atomic E-state index is 13.1. The van der Waals surface area contributed by atoms with Crippen molar-refractivity contribution in [2.45, 2.75) is 47.0 Å². The molecule has 0 aliphatic rings. The Morgan fingerprint density at radius 2 is 1.77 bits per heavy atom. The maximum absolute atomic E-state index is 13.1. The average Bonchev–Trinajstić information content (AvgIpc) is 3.04. The number of alkyl halides is 3. The van der Waals surface area contributed by atoms with Gasteiger partial charge in [0, 0.05) is 13.1 Å². The summed E-state index contributed by atoms with van der Waals surface area (Å²) in [7, 11) is 0. The first-order valence-electron chi connectivity index (χ1n) is 10.2. The molecule has 1 heterocycles. The zero-order valence-corrected chi connectivity index (χ0v) is 17.9. The van der Waals surface area contributed by atoms with Gasteiger partial charge < -0.3 is 14.2 Å². The SMILES string of the molecule is CCN(CC)CCn1c(COc2ccc(C)cc2C)nc2cc(C(F)(F)F)ccc21. The van der Waals surface area contributed by atoms with Crippen LogP contribution in [0.3, 0.4) is 0 Å². The molecule has 0 fully saturated rings. The van der Waals surface area contributed by atoms with Crippen molar-refractivity contribution < 1.29 is 17.9 Å². The molecule has 0 radical (unpaired) electrons. The van der Waals surface area contributed by atoms with Crippen LogP contribution >= 0.6 is 0 Å². The number of imidazole rings is 1. The van der Waals surface area contributed by atoms with E-state index in [-0.39, 0.29) is 6.61 Å². The number of hydrogen-bond donors (Lipinski definition) is 0. The van der Waals surface area contributed by atoms with Gasteiger partial charge in [0.15, 0.2) is 0 Å². The first-order chi connectivity index (χ1) is 14.2. The van der Waals surface area contributed by atoms with Gasteiger partial charge in [-0.15, -0.1) is 0 Å². The number of halogens is 3. The number of nitrogens with zero attached hydrogens (tertiary/aromatic N) is 3. The van der Waals surface area contributed by atoms with Crippen LogP contribution in [0, 0.1) is 13.8 Å². The summed E-state index contributed by atoms with van der Waals surface area (Å²) in [6, 6.07) is 9.66. The lowest BCUT2D eigenvalue weighted by Crippen LogP contribution is -2.27. The standard InChI is InChI=1S/C23H28F3N3O/c1-5-28(6-2)11-12-29-20-9-8-18(23(24,25)26)14-19(20)27-22(29)15-30-21-10-7-16(3)13-17(21)4/h7-10,13-14H,5-6,11-12,15H2,1-4H3. The summed E-state index contributed by atoms with van der Waals surface area (Å²) in [5.74, 6) is 1.37. The van der Waals surface area contributed by atoms with E-state index in [0.29, 0.717) is 23.4 Å². The molecule has 3 rings (SSSR count). The third-order valence-electron chi connectivity index (χ3n) is 5.38. The number of rotatable bonds is 8. The van der Waals surface area contributed by atoms with Gasteiger partial charge in [-0.1, -0.05) is 31.5 Å². The van der Waals surface area contributed by atoms with Gasteiger partial charge in [-0.25, -0.2) is 4.98 Å². The minimum atomic E-state index is -4.39. The maximum Gasteiger partial charge on any atom is 0.416 e. The Labute approximate surface area is 175 Å². The molecule has 7 heteroatoms. The van der Waals surface area contributed by atoms with Crippen molar-refractivity contribution in [1.82, 2.24) is 14.5 Å². The summed E-state index contributed by atoms with van der Waals surface area (Å²) < 4.78 is 47.4. The van der Waals surface area contributed by atoms with Gasteiger partial charge in [0.2, 0.25) is 0 Å². The topological polar surface area (TPSA) is 30.3 Å². The van der Waals surface area contributed by atoms with Gasteiger partial charge in [-0.2, -0.15) is 13.2 Å². The van der Waals surface area contributed by atoms with E-state index in [1.54, 1.807) is 0 Å². The van der Waals surface area contributed by atoms with Crippen LogP contribution in [-0.2, 0) is 19.3 Å². The summed E-state index contributed by atoms with van der Waals surface area (Å²) in [6.07, 6.45) is -4.39. The Bertz CT molecular complexity index is 1010. The van der Waals surface area contributed by atoms with E-state index >= 15 is 0 Å². The summed E-state index contributed by atoms with van der Waals surface area (Å²) in [5, 5.41) is 0. The Balaban J connectivity index is 1.93. The van der Waals surface area contributed by atoms with Crippen LogP contribution in [0.5, 0.6) is 5.75 Å². The molecule has 0 saturated carbocycles. The Kier molecular flexibility index (Phi) is 6.71. The molecule has 0 unspecified atom stereocenters. The molecule has 0 bridgehead atoms. The molecular weight excluding hydrogens is 391 g/mol. The number of aryl methyl sites for hydroxylation is 2. The molecule has 1 aromatic heterocycles. The van der Waals surface area contributed by atoms with E-state index in [1.165, 1.54) is 6.07 Å². The van der Waals surface area contributed by atoms with E-state index < -0.39 is 11.7 Å². The second kappa shape index (κ2) is 9.08. The van der Waals surface area contributed by atoms with Gasteiger partial charge in [0.25, 0.3) is 0 Å². The Morgan fingerprint density at radius 1 is 1.03 bits per heavy atom. The van der Waals surface area contributed by atoms with Gasteiger partial charge in [-0.05, 0) is 56.8 Å². The molecule has 0 aliphatic heterocycles. The molecule has 0 saturated heterocycles. The summed E-state index contributed by atoms with van der Waals surface area (Å²) in [5.41, 5.74) is 2.49. The van der Waals surface area contributed by atoms with Crippen LogP contribution in [0.25, 0.3) is 11.0 Å². The zero-order chi connectivity index (χ0) is 21.9.